The molecular formula is C20H32N6O. The Kier molecular flexibility index (Phi) is 6.34. The van der Waals surface area contributed by atoms with Gasteiger partial charge in [-0.25, -0.2) is 9.98 Å². The average Bonchev–Trinajstić information content (AvgIpc) is 3.01. The lowest BCUT2D eigenvalue weighted by Gasteiger charge is -2.41. The zero-order valence-corrected chi connectivity index (χ0v) is 17.0. The first kappa shape index (κ1) is 19.6. The molecular weight excluding hydrogens is 340 g/mol. The fourth-order valence-corrected chi connectivity index (χ4v) is 3.41. The number of aryl methyl sites for hydroxylation is 1. The molecule has 2 N–H and O–H groups in total. The van der Waals surface area contributed by atoms with E-state index in [1.165, 1.54) is 0 Å². The van der Waals surface area contributed by atoms with Crippen LogP contribution in [-0.2, 0) is 18.3 Å². The van der Waals surface area contributed by atoms with E-state index >= 15 is 0 Å². The molecule has 7 nitrogen and oxygen atoms in total. The van der Waals surface area contributed by atoms with Crippen molar-refractivity contribution in [3.8, 4) is 0 Å². The third-order valence-corrected chi connectivity index (χ3v) is 5.16. The molecule has 0 spiro atoms. The summed E-state index contributed by atoms with van der Waals surface area (Å²) in [6, 6.07) is 8.18. The first-order valence-electron chi connectivity index (χ1n) is 9.76. The summed E-state index contributed by atoms with van der Waals surface area (Å²) in [5.41, 5.74) is 2.18. The van der Waals surface area contributed by atoms with Crippen molar-refractivity contribution in [2.45, 2.75) is 32.9 Å². The van der Waals surface area contributed by atoms with Crippen molar-refractivity contribution in [1.82, 2.24) is 25.1 Å². The second-order valence-electron chi connectivity index (χ2n) is 7.54. The van der Waals surface area contributed by atoms with Crippen LogP contribution in [0.5, 0.6) is 0 Å². The zero-order chi connectivity index (χ0) is 19.3. The summed E-state index contributed by atoms with van der Waals surface area (Å²) in [7, 11) is 2.04. The molecule has 1 fully saturated rings. The van der Waals surface area contributed by atoms with Crippen LogP contribution in [0.4, 0.5) is 0 Å². The van der Waals surface area contributed by atoms with Crippen molar-refractivity contribution in [2.75, 3.05) is 39.4 Å². The van der Waals surface area contributed by atoms with Gasteiger partial charge in [0.25, 0.3) is 0 Å². The second kappa shape index (κ2) is 8.71. The van der Waals surface area contributed by atoms with Crippen LogP contribution in [0.3, 0.4) is 0 Å². The summed E-state index contributed by atoms with van der Waals surface area (Å²) < 4.78 is 7.59. The van der Waals surface area contributed by atoms with E-state index in [9.17, 15) is 0 Å². The van der Waals surface area contributed by atoms with Crippen molar-refractivity contribution in [2.24, 2.45) is 12.0 Å². The largest absolute Gasteiger partial charge is 0.379 e. The molecule has 0 amide bonds. The molecule has 0 bridgehead atoms. The SMILES string of the molecule is CCNC(=NCc1nc2ccccc2n1C)NCC(C)(C)N1CCOCC1. The number of para-hydroxylation sites is 2. The highest BCUT2D eigenvalue weighted by Gasteiger charge is 2.28. The molecule has 2 aromatic rings. The number of aromatic nitrogens is 2. The van der Waals surface area contributed by atoms with Gasteiger partial charge in [-0.15, -0.1) is 0 Å². The minimum atomic E-state index is 0.0396. The standard InChI is InChI=1S/C20H32N6O/c1-5-21-19(23-15-20(2,3)26-10-12-27-13-11-26)22-14-18-24-16-8-6-7-9-17(16)25(18)4/h6-9H,5,10-15H2,1-4H3,(H2,21,22,23). The van der Waals surface area contributed by atoms with Gasteiger partial charge in [0, 0.05) is 38.8 Å². The maximum Gasteiger partial charge on any atom is 0.191 e. The van der Waals surface area contributed by atoms with Gasteiger partial charge in [0.15, 0.2) is 5.96 Å². The van der Waals surface area contributed by atoms with Crippen LogP contribution in [0.2, 0.25) is 0 Å². The fraction of sp³-hybridized carbons (Fsp3) is 0.600. The number of nitrogens with zero attached hydrogens (tertiary/aromatic N) is 4. The van der Waals surface area contributed by atoms with Crippen molar-refractivity contribution in [1.29, 1.82) is 0 Å². The van der Waals surface area contributed by atoms with E-state index in [0.717, 1.165) is 62.2 Å². The van der Waals surface area contributed by atoms with Crippen molar-refractivity contribution in [3.63, 3.8) is 0 Å². The summed E-state index contributed by atoms with van der Waals surface area (Å²) in [6.45, 7) is 12.4. The number of aliphatic imine (C=N–C) groups is 1. The number of fused-ring (bicyclic) bond motifs is 1. The lowest BCUT2D eigenvalue weighted by atomic mass is 10.0. The van der Waals surface area contributed by atoms with Gasteiger partial charge in [-0.3, -0.25) is 4.90 Å². The van der Waals surface area contributed by atoms with Gasteiger partial charge < -0.3 is 19.9 Å². The van der Waals surface area contributed by atoms with Crippen molar-refractivity contribution >= 4 is 17.0 Å². The third-order valence-electron chi connectivity index (χ3n) is 5.16. The van der Waals surface area contributed by atoms with Crippen LogP contribution in [0.25, 0.3) is 11.0 Å². The topological polar surface area (TPSA) is 66.7 Å². The predicted molar refractivity (Wildman–Crippen MR) is 110 cm³/mol. The molecule has 148 valence electrons. The predicted octanol–water partition coefficient (Wildman–Crippen LogP) is 1.74. The summed E-state index contributed by atoms with van der Waals surface area (Å²) in [5, 5.41) is 6.84. The Morgan fingerprint density at radius 2 is 1.96 bits per heavy atom. The van der Waals surface area contributed by atoms with E-state index in [1.54, 1.807) is 0 Å². The van der Waals surface area contributed by atoms with Crippen molar-refractivity contribution < 1.29 is 4.74 Å². The number of benzene rings is 1. The van der Waals surface area contributed by atoms with Crippen LogP contribution < -0.4 is 10.6 Å². The Balaban J connectivity index is 1.66. The molecule has 0 saturated carbocycles. The van der Waals surface area contributed by atoms with Gasteiger partial charge >= 0.3 is 0 Å². The molecule has 0 unspecified atom stereocenters. The number of hydrogen-bond acceptors (Lipinski definition) is 4. The van der Waals surface area contributed by atoms with Gasteiger partial charge in [0.1, 0.15) is 12.4 Å². The Morgan fingerprint density at radius 3 is 2.67 bits per heavy atom. The molecule has 1 aromatic carbocycles. The Hall–Kier alpha value is -2.12. The molecule has 7 heteroatoms. The second-order valence-corrected chi connectivity index (χ2v) is 7.54. The quantitative estimate of drug-likeness (QED) is 0.597. The number of guanidine groups is 1. The number of morpholine rings is 1. The van der Waals surface area contributed by atoms with Gasteiger partial charge in [0.05, 0.1) is 24.2 Å². The van der Waals surface area contributed by atoms with E-state index in [-0.39, 0.29) is 5.54 Å². The maximum atomic E-state index is 5.48. The first-order chi connectivity index (χ1) is 13.0. The number of rotatable bonds is 6. The van der Waals surface area contributed by atoms with Gasteiger partial charge in [-0.05, 0) is 32.9 Å². The Bertz CT molecular complexity index is 776. The average molecular weight is 373 g/mol. The lowest BCUT2D eigenvalue weighted by molar-refractivity contribution is -0.00834. The summed E-state index contributed by atoms with van der Waals surface area (Å²) in [4.78, 5) is 11.9. The van der Waals surface area contributed by atoms with Crippen LogP contribution in [0.1, 0.15) is 26.6 Å². The summed E-state index contributed by atoms with van der Waals surface area (Å²) in [5.74, 6) is 1.78. The van der Waals surface area contributed by atoms with Crippen LogP contribution in [-0.4, -0.2) is 65.3 Å². The number of ether oxygens (including phenoxy) is 1. The van der Waals surface area contributed by atoms with Gasteiger partial charge in [-0.2, -0.15) is 0 Å². The van der Waals surface area contributed by atoms with Crippen molar-refractivity contribution in [3.05, 3.63) is 30.1 Å². The highest BCUT2D eigenvalue weighted by Crippen LogP contribution is 2.16. The molecule has 0 aliphatic carbocycles. The number of nitrogens with one attached hydrogen (secondary N) is 2. The molecule has 1 aliphatic rings. The van der Waals surface area contributed by atoms with Crippen LogP contribution in [0.15, 0.2) is 29.3 Å². The highest BCUT2D eigenvalue weighted by atomic mass is 16.5. The van der Waals surface area contributed by atoms with E-state index in [4.69, 9.17) is 14.7 Å². The summed E-state index contributed by atoms with van der Waals surface area (Å²) in [6.07, 6.45) is 0. The molecule has 1 aliphatic heterocycles. The normalized spacial score (nSPS) is 16.7. The number of hydrogen-bond donors (Lipinski definition) is 2. The van der Waals surface area contributed by atoms with Gasteiger partial charge in [-0.1, -0.05) is 12.1 Å². The smallest absolute Gasteiger partial charge is 0.191 e. The highest BCUT2D eigenvalue weighted by molar-refractivity contribution is 5.80. The van der Waals surface area contributed by atoms with Crippen LogP contribution in [0, 0.1) is 0 Å². The molecule has 1 saturated heterocycles. The molecule has 27 heavy (non-hydrogen) atoms. The summed E-state index contributed by atoms with van der Waals surface area (Å²) >= 11 is 0. The van der Waals surface area contributed by atoms with E-state index < -0.39 is 0 Å². The minimum Gasteiger partial charge on any atom is -0.379 e. The fourth-order valence-electron chi connectivity index (χ4n) is 3.41. The number of imidazole rings is 1. The minimum absolute atomic E-state index is 0.0396. The Labute approximate surface area is 161 Å². The monoisotopic (exact) mass is 372 g/mol. The van der Waals surface area contributed by atoms with Crippen LogP contribution >= 0.6 is 0 Å². The maximum absolute atomic E-state index is 5.48. The third kappa shape index (κ3) is 4.78. The molecule has 0 atom stereocenters. The lowest BCUT2D eigenvalue weighted by Crippen LogP contribution is -2.56. The first-order valence-corrected chi connectivity index (χ1v) is 9.76. The molecule has 0 radical (unpaired) electrons. The van der Waals surface area contributed by atoms with E-state index in [1.807, 2.05) is 25.2 Å². The zero-order valence-electron chi connectivity index (χ0n) is 17.0. The van der Waals surface area contributed by atoms with Gasteiger partial charge in [0.2, 0.25) is 0 Å². The Morgan fingerprint density at radius 1 is 1.22 bits per heavy atom. The van der Waals surface area contributed by atoms with E-state index in [2.05, 4.69) is 46.9 Å². The molecule has 1 aromatic heterocycles. The molecule has 3 rings (SSSR count). The molecule has 2 heterocycles. The van der Waals surface area contributed by atoms with E-state index in [0.29, 0.717) is 6.54 Å².